The highest BCUT2D eigenvalue weighted by atomic mass is 35.5. The second kappa shape index (κ2) is 9.55. The SMILES string of the molecule is ClC1(c2ccccc2)OC[C@@H]2OC(Cl)(c3ccccc3)O[C@@H]3COC(Cl)(c4ccccc4)O[C@H]3[C@@H]2O1. The summed E-state index contributed by atoms with van der Waals surface area (Å²) in [6.45, 7) is 0.142. The molecule has 9 heteroatoms. The maximum absolute atomic E-state index is 6.99. The summed E-state index contributed by atoms with van der Waals surface area (Å²) in [6, 6.07) is 27.8. The van der Waals surface area contributed by atoms with E-state index in [1.54, 1.807) is 0 Å². The molecule has 6 nitrogen and oxygen atoms in total. The van der Waals surface area contributed by atoms with Crippen LogP contribution in [0.25, 0.3) is 0 Å². The monoisotopic (exact) mass is 548 g/mol. The Kier molecular flexibility index (Phi) is 6.53. The van der Waals surface area contributed by atoms with Crippen LogP contribution in [0.2, 0.25) is 0 Å². The fourth-order valence-electron chi connectivity index (χ4n) is 4.67. The van der Waals surface area contributed by atoms with Gasteiger partial charge in [0, 0.05) is 16.7 Å². The van der Waals surface area contributed by atoms with Gasteiger partial charge in [-0.2, -0.15) is 0 Å². The smallest absolute Gasteiger partial charge is 0.277 e. The third-order valence-electron chi connectivity index (χ3n) is 6.46. The van der Waals surface area contributed by atoms with E-state index >= 15 is 0 Å². The number of alkyl halides is 3. The van der Waals surface area contributed by atoms with E-state index in [-0.39, 0.29) is 13.2 Å². The average molecular weight is 550 g/mol. The van der Waals surface area contributed by atoms with Crippen LogP contribution in [-0.4, -0.2) is 37.6 Å². The summed E-state index contributed by atoms with van der Waals surface area (Å²) in [5.41, 5.74) is 1.89. The minimum absolute atomic E-state index is 0.0712. The van der Waals surface area contributed by atoms with Crippen LogP contribution in [0.4, 0.5) is 0 Å². The molecule has 0 radical (unpaired) electrons. The van der Waals surface area contributed by atoms with Crippen LogP contribution in [0.3, 0.4) is 0 Å². The first-order valence-corrected chi connectivity index (χ1v) is 12.7. The molecule has 3 unspecified atom stereocenters. The minimum Gasteiger partial charge on any atom is -0.331 e. The lowest BCUT2D eigenvalue weighted by Crippen LogP contribution is -2.60. The van der Waals surface area contributed by atoms with E-state index < -0.39 is 40.2 Å². The zero-order valence-corrected chi connectivity index (χ0v) is 21.2. The van der Waals surface area contributed by atoms with Crippen molar-refractivity contribution in [3.8, 4) is 0 Å². The summed E-state index contributed by atoms with van der Waals surface area (Å²) in [7, 11) is 0. The zero-order chi connectivity index (χ0) is 24.8. The van der Waals surface area contributed by atoms with Crippen molar-refractivity contribution in [1.82, 2.24) is 0 Å². The van der Waals surface area contributed by atoms with Crippen molar-refractivity contribution in [2.24, 2.45) is 0 Å². The van der Waals surface area contributed by atoms with Gasteiger partial charge in [0.15, 0.2) is 0 Å². The van der Waals surface area contributed by atoms with Crippen molar-refractivity contribution in [1.29, 1.82) is 0 Å². The van der Waals surface area contributed by atoms with Gasteiger partial charge in [-0.05, 0) is 0 Å². The quantitative estimate of drug-likeness (QED) is 0.388. The Morgan fingerprint density at radius 3 is 1.17 bits per heavy atom. The summed E-state index contributed by atoms with van der Waals surface area (Å²) in [4.78, 5) is 0. The fraction of sp³-hybridized carbons (Fsp3) is 0.333. The highest BCUT2D eigenvalue weighted by Gasteiger charge is 2.59. The standard InChI is InChI=1S/C27H23Cl3O6/c28-25(18-10-4-1-5-11-18)31-16-21-23(35-25)24-22(34-27(30,33-21)20-14-8-3-9-15-20)17-32-26(29,36-24)19-12-6-2-7-13-19/h1-15,21-24H,16-17H2/t21-,22+,23-,24-,25?,26?,27?/m1/s1. The summed E-state index contributed by atoms with van der Waals surface area (Å²) >= 11 is 20.8. The van der Waals surface area contributed by atoms with Gasteiger partial charge in [0.2, 0.25) is 0 Å². The maximum atomic E-state index is 6.99. The van der Waals surface area contributed by atoms with Crippen LogP contribution in [0.5, 0.6) is 0 Å². The van der Waals surface area contributed by atoms with Crippen LogP contribution in [0, 0.1) is 0 Å². The minimum atomic E-state index is -1.64. The molecule has 3 saturated heterocycles. The highest BCUT2D eigenvalue weighted by Crippen LogP contribution is 2.49. The Balaban J connectivity index is 1.39. The molecule has 3 aromatic carbocycles. The number of ether oxygens (including phenoxy) is 6. The molecular weight excluding hydrogens is 527 g/mol. The number of benzene rings is 3. The van der Waals surface area contributed by atoms with Gasteiger partial charge >= 0.3 is 0 Å². The van der Waals surface area contributed by atoms with Crippen LogP contribution in [0.1, 0.15) is 16.7 Å². The number of rotatable bonds is 3. The molecule has 3 aliphatic heterocycles. The average Bonchev–Trinajstić information content (AvgIpc) is 3.04. The first-order valence-electron chi connectivity index (χ1n) is 11.6. The van der Waals surface area contributed by atoms with E-state index in [9.17, 15) is 0 Å². The first-order chi connectivity index (χ1) is 17.4. The van der Waals surface area contributed by atoms with Gasteiger partial charge in [0.1, 0.15) is 24.4 Å². The zero-order valence-electron chi connectivity index (χ0n) is 19.0. The van der Waals surface area contributed by atoms with Crippen molar-refractivity contribution in [2.75, 3.05) is 13.2 Å². The number of hydrogen-bond donors (Lipinski definition) is 0. The van der Waals surface area contributed by atoms with E-state index in [2.05, 4.69) is 0 Å². The summed E-state index contributed by atoms with van der Waals surface area (Å²) in [5, 5.41) is -4.77. The maximum Gasteiger partial charge on any atom is 0.277 e. The normalized spacial score (nSPS) is 38.4. The molecule has 3 fully saturated rings. The molecule has 0 amide bonds. The fourth-order valence-corrected chi connectivity index (χ4v) is 5.60. The molecule has 6 rings (SSSR count). The first kappa shape index (κ1) is 24.6. The molecule has 3 aromatic rings. The van der Waals surface area contributed by atoms with E-state index in [0.29, 0.717) is 16.7 Å². The van der Waals surface area contributed by atoms with Crippen molar-refractivity contribution in [3.63, 3.8) is 0 Å². The van der Waals surface area contributed by atoms with Crippen molar-refractivity contribution >= 4 is 34.8 Å². The van der Waals surface area contributed by atoms with Crippen LogP contribution in [0.15, 0.2) is 91.0 Å². The van der Waals surface area contributed by atoms with Gasteiger partial charge in [-0.15, -0.1) is 0 Å². The molecule has 7 atom stereocenters. The van der Waals surface area contributed by atoms with E-state index in [1.165, 1.54) is 0 Å². The number of halogens is 3. The van der Waals surface area contributed by atoms with Crippen molar-refractivity contribution < 1.29 is 28.4 Å². The number of fused-ring (bicyclic) bond motifs is 3. The predicted molar refractivity (Wildman–Crippen MR) is 133 cm³/mol. The lowest BCUT2D eigenvalue weighted by molar-refractivity contribution is -0.344. The van der Waals surface area contributed by atoms with Crippen LogP contribution >= 0.6 is 34.8 Å². The molecule has 36 heavy (non-hydrogen) atoms. The Hall–Kier alpha value is -1.71. The van der Waals surface area contributed by atoms with Gasteiger partial charge in [-0.3, -0.25) is 0 Å². The molecule has 188 valence electrons. The Morgan fingerprint density at radius 1 is 0.472 bits per heavy atom. The molecule has 0 saturated carbocycles. The van der Waals surface area contributed by atoms with Gasteiger partial charge in [0.25, 0.3) is 15.7 Å². The van der Waals surface area contributed by atoms with Crippen LogP contribution in [-0.2, 0) is 44.2 Å². The summed E-state index contributed by atoms with van der Waals surface area (Å²) in [5.74, 6) is 0. The molecule has 3 heterocycles. The highest BCUT2D eigenvalue weighted by molar-refractivity contribution is 6.22. The lowest BCUT2D eigenvalue weighted by Gasteiger charge is -2.47. The van der Waals surface area contributed by atoms with E-state index in [1.807, 2.05) is 91.0 Å². The molecule has 3 aliphatic rings. The number of hydrogen-bond acceptors (Lipinski definition) is 6. The molecule has 0 aliphatic carbocycles. The van der Waals surface area contributed by atoms with Crippen molar-refractivity contribution in [2.45, 2.75) is 40.2 Å². The van der Waals surface area contributed by atoms with E-state index in [0.717, 1.165) is 0 Å². The molecule has 0 N–H and O–H groups in total. The van der Waals surface area contributed by atoms with E-state index in [4.69, 9.17) is 63.2 Å². The van der Waals surface area contributed by atoms with Crippen LogP contribution < -0.4 is 0 Å². The lowest BCUT2D eigenvalue weighted by atomic mass is 10.0. The molecular formula is C27H23Cl3O6. The second-order valence-electron chi connectivity index (χ2n) is 8.81. The largest absolute Gasteiger partial charge is 0.331 e. The predicted octanol–water partition coefficient (Wildman–Crippen LogP) is 5.75. The molecule has 0 aromatic heterocycles. The second-order valence-corrected chi connectivity index (χ2v) is 10.3. The summed E-state index contributed by atoms with van der Waals surface area (Å²) < 4.78 is 37.5. The van der Waals surface area contributed by atoms with Gasteiger partial charge < -0.3 is 28.4 Å². The third kappa shape index (κ3) is 4.45. The van der Waals surface area contributed by atoms with Gasteiger partial charge in [-0.25, -0.2) is 0 Å². The Bertz CT molecular complexity index is 1110. The molecule has 0 bridgehead atoms. The third-order valence-corrected chi connectivity index (χ3v) is 7.69. The Labute approximate surface area is 223 Å². The van der Waals surface area contributed by atoms with Gasteiger partial charge in [0.05, 0.1) is 13.2 Å². The Morgan fingerprint density at radius 2 is 0.806 bits per heavy atom. The topological polar surface area (TPSA) is 55.4 Å². The van der Waals surface area contributed by atoms with Gasteiger partial charge in [-0.1, -0.05) is 126 Å². The summed E-state index contributed by atoms with van der Waals surface area (Å²) in [6.07, 6.45) is -2.89. The van der Waals surface area contributed by atoms with Crippen molar-refractivity contribution in [3.05, 3.63) is 108 Å². The molecule has 0 spiro atoms.